The number of carbonyl (C=O) groups is 4. The highest BCUT2D eigenvalue weighted by Gasteiger charge is 2.43. The molecule has 3 aromatic rings. The summed E-state index contributed by atoms with van der Waals surface area (Å²) in [5.74, 6) is -2.55. The number of hydrogen-bond donors (Lipinski definition) is 4. The number of ether oxygens (including phenoxy) is 1. The van der Waals surface area contributed by atoms with Gasteiger partial charge in [0.15, 0.2) is 6.17 Å². The lowest BCUT2D eigenvalue weighted by Crippen LogP contribution is -2.56. The van der Waals surface area contributed by atoms with Crippen molar-refractivity contribution in [1.29, 1.82) is 0 Å². The number of urea groups is 2. The summed E-state index contributed by atoms with van der Waals surface area (Å²) in [5.41, 5.74) is 0.975. The molecule has 2 atom stereocenters. The molecule has 2 unspecified atom stereocenters. The fourth-order valence-corrected chi connectivity index (χ4v) is 4.30. The van der Waals surface area contributed by atoms with E-state index in [1.807, 2.05) is 0 Å². The van der Waals surface area contributed by atoms with E-state index in [2.05, 4.69) is 16.0 Å². The monoisotopic (exact) mass is 567 g/mol. The Hall–Kier alpha value is -5.20. The maximum atomic E-state index is 13.7. The minimum atomic E-state index is -1.48. The topological polar surface area (TPSA) is 140 Å². The molecule has 0 aliphatic carbocycles. The van der Waals surface area contributed by atoms with Gasteiger partial charge in [-0.15, -0.1) is 0 Å². The average Bonchev–Trinajstić information content (AvgIpc) is 3.40. The zero-order valence-corrected chi connectivity index (χ0v) is 21.8. The molecule has 0 bridgehead atoms. The van der Waals surface area contributed by atoms with E-state index in [1.54, 1.807) is 24.3 Å². The average molecular weight is 568 g/mol. The number of rotatable bonds is 8. The number of anilines is 2. The molecule has 1 aliphatic rings. The maximum Gasteiger partial charge on any atom is 0.323 e. The highest BCUT2D eigenvalue weighted by Crippen LogP contribution is 2.23. The van der Waals surface area contributed by atoms with Crippen molar-refractivity contribution in [3.8, 4) is 5.75 Å². The third-order valence-electron chi connectivity index (χ3n) is 6.33. The maximum absolute atomic E-state index is 13.7. The number of benzene rings is 3. The van der Waals surface area contributed by atoms with Gasteiger partial charge in [0.2, 0.25) is 0 Å². The van der Waals surface area contributed by atoms with Gasteiger partial charge in [0.05, 0.1) is 19.6 Å². The Morgan fingerprint density at radius 1 is 0.829 bits per heavy atom. The van der Waals surface area contributed by atoms with Crippen LogP contribution in [-0.2, 0) is 9.59 Å². The molecule has 1 fully saturated rings. The van der Waals surface area contributed by atoms with Crippen molar-refractivity contribution in [2.75, 3.05) is 30.8 Å². The zero-order chi connectivity index (χ0) is 29.5. The summed E-state index contributed by atoms with van der Waals surface area (Å²) in [6.45, 7) is -0.0711. The molecule has 214 valence electrons. The molecule has 41 heavy (non-hydrogen) atoms. The Morgan fingerprint density at radius 3 is 1.76 bits per heavy atom. The summed E-state index contributed by atoms with van der Waals surface area (Å²) in [7, 11) is 1.50. The number of aliphatic carboxylic acids is 1. The molecular weight excluding hydrogens is 540 g/mol. The van der Waals surface area contributed by atoms with E-state index in [1.165, 1.54) is 31.4 Å². The number of halogens is 2. The van der Waals surface area contributed by atoms with Crippen LogP contribution in [0.4, 0.5) is 29.7 Å². The Balaban J connectivity index is 1.59. The van der Waals surface area contributed by atoms with Crippen molar-refractivity contribution in [3.63, 3.8) is 0 Å². The van der Waals surface area contributed by atoms with Gasteiger partial charge in [-0.3, -0.25) is 19.4 Å². The number of hydrogen-bond acceptors (Lipinski definition) is 5. The first kappa shape index (κ1) is 28.8. The number of nitrogens with one attached hydrogen (secondary N) is 3. The number of carboxylic acids is 1. The van der Waals surface area contributed by atoms with Gasteiger partial charge in [0.1, 0.15) is 17.4 Å². The molecule has 4 N–H and O–H groups in total. The van der Waals surface area contributed by atoms with E-state index >= 15 is 0 Å². The summed E-state index contributed by atoms with van der Waals surface area (Å²) >= 11 is 0. The Morgan fingerprint density at radius 2 is 1.29 bits per heavy atom. The van der Waals surface area contributed by atoms with E-state index < -0.39 is 54.2 Å². The minimum Gasteiger partial charge on any atom is -0.497 e. The van der Waals surface area contributed by atoms with Crippen molar-refractivity contribution in [3.05, 3.63) is 90.0 Å². The molecule has 11 nitrogen and oxygen atoms in total. The molecule has 3 aromatic carbocycles. The van der Waals surface area contributed by atoms with Gasteiger partial charge in [0.25, 0.3) is 5.91 Å². The van der Waals surface area contributed by atoms with E-state index in [0.29, 0.717) is 17.0 Å². The third kappa shape index (κ3) is 7.26. The first-order valence-electron chi connectivity index (χ1n) is 12.5. The number of nitrogens with zero attached hydrogens (tertiary/aromatic N) is 2. The van der Waals surface area contributed by atoms with E-state index in [4.69, 9.17) is 4.74 Å². The van der Waals surface area contributed by atoms with Crippen molar-refractivity contribution in [2.45, 2.75) is 18.6 Å². The highest BCUT2D eigenvalue weighted by atomic mass is 19.1. The quantitative estimate of drug-likeness (QED) is 0.324. The fourth-order valence-electron chi connectivity index (χ4n) is 4.30. The van der Waals surface area contributed by atoms with Crippen LogP contribution in [-0.4, -0.2) is 65.2 Å². The van der Waals surface area contributed by atoms with Gasteiger partial charge in [-0.2, -0.15) is 0 Å². The Labute approximate surface area is 233 Å². The summed E-state index contributed by atoms with van der Waals surface area (Å²) in [5, 5.41) is 17.3. The predicted octanol–water partition coefficient (Wildman–Crippen LogP) is 4.01. The predicted molar refractivity (Wildman–Crippen MR) is 144 cm³/mol. The SMILES string of the molecule is COc1ccc(NC(=O)N2CCN(C(=O)Nc3ccc(F)cc3)C2C(=O)NC(CC(=O)O)c2ccc(F)cc2)cc1. The normalized spacial score (nSPS) is 15.1. The van der Waals surface area contributed by atoms with Gasteiger partial charge >= 0.3 is 18.0 Å². The molecule has 5 amide bonds. The lowest BCUT2D eigenvalue weighted by Gasteiger charge is -2.31. The molecule has 0 radical (unpaired) electrons. The first-order chi connectivity index (χ1) is 19.6. The van der Waals surface area contributed by atoms with Crippen LogP contribution in [0.3, 0.4) is 0 Å². The van der Waals surface area contributed by atoms with Crippen molar-refractivity contribution in [1.82, 2.24) is 15.1 Å². The second-order valence-electron chi connectivity index (χ2n) is 9.07. The molecule has 0 aromatic heterocycles. The molecule has 13 heteroatoms. The van der Waals surface area contributed by atoms with Gasteiger partial charge in [-0.25, -0.2) is 18.4 Å². The van der Waals surface area contributed by atoms with Crippen LogP contribution < -0.4 is 20.7 Å². The van der Waals surface area contributed by atoms with Crippen LogP contribution in [0.2, 0.25) is 0 Å². The highest BCUT2D eigenvalue weighted by molar-refractivity contribution is 5.98. The van der Waals surface area contributed by atoms with Gasteiger partial charge in [-0.05, 0) is 66.2 Å². The van der Waals surface area contributed by atoms with Gasteiger partial charge in [-0.1, -0.05) is 12.1 Å². The van der Waals surface area contributed by atoms with Crippen LogP contribution in [0.5, 0.6) is 5.75 Å². The number of carbonyl (C=O) groups excluding carboxylic acids is 3. The standard InChI is InChI=1S/C28H27F2N5O6/c1-41-22-12-10-21(11-13-22)32-28(40)35-15-14-34(27(39)31-20-8-6-19(30)7-9-20)26(35)25(38)33-23(16-24(36)37)17-2-4-18(29)5-3-17/h2-13,23,26H,14-16H2,1H3,(H,31,39)(H,32,40)(H,33,38)(H,36,37). The van der Waals surface area contributed by atoms with Crippen LogP contribution in [0.1, 0.15) is 18.0 Å². The summed E-state index contributed by atoms with van der Waals surface area (Å²) in [6, 6.07) is 13.8. The lowest BCUT2D eigenvalue weighted by atomic mass is 10.0. The Bertz CT molecular complexity index is 1400. The lowest BCUT2D eigenvalue weighted by molar-refractivity contribution is -0.138. The van der Waals surface area contributed by atoms with Crippen molar-refractivity contribution in [2.24, 2.45) is 0 Å². The van der Waals surface area contributed by atoms with Crippen LogP contribution in [0, 0.1) is 11.6 Å². The smallest absolute Gasteiger partial charge is 0.323 e. The largest absolute Gasteiger partial charge is 0.497 e. The number of amides is 5. The summed E-state index contributed by atoms with van der Waals surface area (Å²) in [6.07, 6.45) is -2.02. The first-order valence-corrected chi connectivity index (χ1v) is 12.5. The van der Waals surface area contributed by atoms with E-state index in [0.717, 1.165) is 34.1 Å². The molecular formula is C28H27F2N5O6. The minimum absolute atomic E-state index is 0.0307. The summed E-state index contributed by atoms with van der Waals surface area (Å²) in [4.78, 5) is 54.0. The van der Waals surface area contributed by atoms with E-state index in [-0.39, 0.29) is 18.8 Å². The zero-order valence-electron chi connectivity index (χ0n) is 21.8. The molecule has 4 rings (SSSR count). The molecule has 1 saturated heterocycles. The van der Waals surface area contributed by atoms with E-state index in [9.17, 15) is 33.1 Å². The summed E-state index contributed by atoms with van der Waals surface area (Å²) < 4.78 is 31.9. The van der Waals surface area contributed by atoms with Crippen molar-refractivity contribution >= 4 is 35.3 Å². The second kappa shape index (κ2) is 12.8. The molecule has 0 spiro atoms. The van der Waals surface area contributed by atoms with Crippen LogP contribution >= 0.6 is 0 Å². The third-order valence-corrected chi connectivity index (χ3v) is 6.33. The molecule has 1 aliphatic heterocycles. The fraction of sp³-hybridized carbons (Fsp3) is 0.214. The van der Waals surface area contributed by atoms with Gasteiger partial charge < -0.3 is 25.8 Å². The molecule has 1 heterocycles. The van der Waals surface area contributed by atoms with Gasteiger partial charge in [0, 0.05) is 24.5 Å². The second-order valence-corrected chi connectivity index (χ2v) is 9.07. The number of methoxy groups -OCH3 is 1. The Kier molecular flexibility index (Phi) is 8.97. The van der Waals surface area contributed by atoms with Crippen LogP contribution in [0.15, 0.2) is 72.8 Å². The molecule has 0 saturated carbocycles. The van der Waals surface area contributed by atoms with Crippen molar-refractivity contribution < 1.29 is 37.8 Å². The number of carboxylic acid groups (broad SMARTS) is 1. The van der Waals surface area contributed by atoms with Crippen LogP contribution in [0.25, 0.3) is 0 Å².